The van der Waals surface area contributed by atoms with E-state index in [1.165, 1.54) is 6.33 Å². The third kappa shape index (κ3) is 2.46. The van der Waals surface area contributed by atoms with Gasteiger partial charge in [-0.05, 0) is 5.92 Å². The SMILES string of the molecule is CC(C)c1c(N)ncnc1NC1CNC(=O)C1. The maximum absolute atomic E-state index is 11.1. The van der Waals surface area contributed by atoms with Crippen molar-refractivity contribution in [2.24, 2.45) is 0 Å². The number of rotatable bonds is 3. The van der Waals surface area contributed by atoms with Gasteiger partial charge in [-0.15, -0.1) is 0 Å². The highest BCUT2D eigenvalue weighted by molar-refractivity contribution is 5.79. The van der Waals surface area contributed by atoms with Gasteiger partial charge in [0.05, 0.1) is 6.04 Å². The maximum Gasteiger partial charge on any atom is 0.222 e. The molecule has 1 aliphatic heterocycles. The van der Waals surface area contributed by atoms with Gasteiger partial charge in [-0.3, -0.25) is 4.79 Å². The lowest BCUT2D eigenvalue weighted by molar-refractivity contribution is -0.119. The predicted octanol–water partition coefficient (Wildman–Crippen LogP) is 0.483. The van der Waals surface area contributed by atoms with Gasteiger partial charge in [0.25, 0.3) is 0 Å². The van der Waals surface area contributed by atoms with Crippen LogP contribution in [0, 0.1) is 0 Å². The van der Waals surface area contributed by atoms with Crippen LogP contribution in [0.4, 0.5) is 11.6 Å². The summed E-state index contributed by atoms with van der Waals surface area (Å²) < 4.78 is 0. The van der Waals surface area contributed by atoms with Crippen LogP contribution in [-0.2, 0) is 4.79 Å². The molecule has 0 bridgehead atoms. The fraction of sp³-hybridized carbons (Fsp3) is 0.545. The second-order valence-electron chi connectivity index (χ2n) is 4.53. The van der Waals surface area contributed by atoms with Gasteiger partial charge in [0.1, 0.15) is 18.0 Å². The van der Waals surface area contributed by atoms with E-state index >= 15 is 0 Å². The van der Waals surface area contributed by atoms with Crippen molar-refractivity contribution in [1.82, 2.24) is 15.3 Å². The molecule has 0 aromatic carbocycles. The minimum absolute atomic E-state index is 0.0654. The molecule has 6 nitrogen and oxygen atoms in total. The monoisotopic (exact) mass is 235 g/mol. The fourth-order valence-corrected chi connectivity index (χ4v) is 1.99. The number of nitrogens with one attached hydrogen (secondary N) is 2. The molecule has 2 rings (SSSR count). The Kier molecular flexibility index (Phi) is 3.12. The maximum atomic E-state index is 11.1. The molecule has 4 N–H and O–H groups in total. The third-order valence-corrected chi connectivity index (χ3v) is 2.81. The molecule has 0 aliphatic carbocycles. The van der Waals surface area contributed by atoms with E-state index in [2.05, 4.69) is 20.6 Å². The van der Waals surface area contributed by atoms with Crippen molar-refractivity contribution in [3.05, 3.63) is 11.9 Å². The Balaban J connectivity index is 2.20. The Hall–Kier alpha value is -1.85. The summed E-state index contributed by atoms with van der Waals surface area (Å²) in [5, 5.41) is 6.02. The number of nitrogens with zero attached hydrogens (tertiary/aromatic N) is 2. The number of hydrogen-bond donors (Lipinski definition) is 3. The first kappa shape index (κ1) is 11.6. The zero-order valence-electron chi connectivity index (χ0n) is 10.0. The highest BCUT2D eigenvalue weighted by Crippen LogP contribution is 2.27. The number of hydrogen-bond acceptors (Lipinski definition) is 5. The molecule has 1 atom stereocenters. The lowest BCUT2D eigenvalue weighted by Crippen LogP contribution is -2.24. The Morgan fingerprint density at radius 2 is 2.29 bits per heavy atom. The molecule has 0 spiro atoms. The van der Waals surface area contributed by atoms with Crippen LogP contribution < -0.4 is 16.4 Å². The molecule has 2 heterocycles. The van der Waals surface area contributed by atoms with E-state index in [0.717, 1.165) is 11.4 Å². The van der Waals surface area contributed by atoms with Crippen LogP contribution in [0.2, 0.25) is 0 Å². The highest BCUT2D eigenvalue weighted by Gasteiger charge is 2.23. The molecule has 1 aromatic heterocycles. The Bertz CT molecular complexity index is 432. The highest BCUT2D eigenvalue weighted by atomic mass is 16.1. The fourth-order valence-electron chi connectivity index (χ4n) is 1.99. The van der Waals surface area contributed by atoms with Crippen LogP contribution in [0.25, 0.3) is 0 Å². The number of carbonyl (C=O) groups is 1. The third-order valence-electron chi connectivity index (χ3n) is 2.81. The molecular weight excluding hydrogens is 218 g/mol. The van der Waals surface area contributed by atoms with Gasteiger partial charge in [0.15, 0.2) is 0 Å². The first-order valence-corrected chi connectivity index (χ1v) is 5.71. The van der Waals surface area contributed by atoms with Gasteiger partial charge < -0.3 is 16.4 Å². The first-order valence-electron chi connectivity index (χ1n) is 5.71. The summed E-state index contributed by atoms with van der Waals surface area (Å²) >= 11 is 0. The van der Waals surface area contributed by atoms with Gasteiger partial charge >= 0.3 is 0 Å². The zero-order chi connectivity index (χ0) is 12.4. The lowest BCUT2D eigenvalue weighted by atomic mass is 10.0. The second-order valence-corrected chi connectivity index (χ2v) is 4.53. The van der Waals surface area contributed by atoms with Gasteiger partial charge in [-0.25, -0.2) is 9.97 Å². The predicted molar refractivity (Wildman–Crippen MR) is 65.6 cm³/mol. The topological polar surface area (TPSA) is 92.9 Å². The zero-order valence-corrected chi connectivity index (χ0v) is 10.0. The quantitative estimate of drug-likeness (QED) is 0.708. The molecule has 6 heteroatoms. The minimum atomic E-state index is 0.0654. The Labute approximate surface area is 100 Å². The molecule has 1 amide bonds. The van der Waals surface area contributed by atoms with Crippen molar-refractivity contribution in [3.8, 4) is 0 Å². The molecule has 1 aliphatic rings. The van der Waals surface area contributed by atoms with Crippen molar-refractivity contribution in [3.63, 3.8) is 0 Å². The van der Waals surface area contributed by atoms with Crippen LogP contribution >= 0.6 is 0 Å². The number of carbonyl (C=O) groups excluding carboxylic acids is 1. The average Bonchev–Trinajstić information content (AvgIpc) is 2.63. The molecular formula is C11H17N5O. The smallest absolute Gasteiger partial charge is 0.222 e. The minimum Gasteiger partial charge on any atom is -0.383 e. The molecule has 1 aromatic rings. The molecule has 17 heavy (non-hydrogen) atoms. The standard InChI is InChI=1S/C11H17N5O/c1-6(2)9-10(12)14-5-15-11(9)16-7-3-8(17)13-4-7/h5-7H,3-4H2,1-2H3,(H,13,17)(H3,12,14,15,16). The van der Waals surface area contributed by atoms with Gasteiger partial charge in [0.2, 0.25) is 5.91 Å². The largest absolute Gasteiger partial charge is 0.383 e. The van der Waals surface area contributed by atoms with Crippen molar-refractivity contribution in [2.45, 2.75) is 32.2 Å². The first-order chi connectivity index (χ1) is 8.08. The number of aromatic nitrogens is 2. The molecule has 0 saturated carbocycles. The van der Waals surface area contributed by atoms with E-state index in [4.69, 9.17) is 5.73 Å². The molecule has 0 radical (unpaired) electrons. The summed E-state index contributed by atoms with van der Waals surface area (Å²) in [4.78, 5) is 19.3. The van der Waals surface area contributed by atoms with Crippen LogP contribution in [0.1, 0.15) is 31.7 Å². The van der Waals surface area contributed by atoms with E-state index < -0.39 is 0 Å². The molecule has 1 unspecified atom stereocenters. The molecule has 1 saturated heterocycles. The number of nitrogen functional groups attached to an aromatic ring is 1. The number of nitrogens with two attached hydrogens (primary N) is 1. The molecule has 92 valence electrons. The van der Waals surface area contributed by atoms with Crippen molar-refractivity contribution in [2.75, 3.05) is 17.6 Å². The lowest BCUT2D eigenvalue weighted by Gasteiger charge is -2.17. The van der Waals surface area contributed by atoms with E-state index in [-0.39, 0.29) is 17.9 Å². The van der Waals surface area contributed by atoms with Gasteiger partial charge in [-0.2, -0.15) is 0 Å². The normalized spacial score (nSPS) is 19.5. The Morgan fingerprint density at radius 1 is 1.53 bits per heavy atom. The van der Waals surface area contributed by atoms with E-state index in [0.29, 0.717) is 18.8 Å². The van der Waals surface area contributed by atoms with Crippen molar-refractivity contribution < 1.29 is 4.79 Å². The number of amides is 1. The summed E-state index contributed by atoms with van der Waals surface area (Å²) in [5.74, 6) is 1.53. The van der Waals surface area contributed by atoms with E-state index in [1.54, 1.807) is 0 Å². The van der Waals surface area contributed by atoms with Gasteiger partial charge in [-0.1, -0.05) is 13.8 Å². The van der Waals surface area contributed by atoms with Crippen LogP contribution in [0.5, 0.6) is 0 Å². The van der Waals surface area contributed by atoms with E-state index in [1.807, 2.05) is 13.8 Å². The van der Waals surface area contributed by atoms with Crippen LogP contribution in [-0.4, -0.2) is 28.5 Å². The summed E-state index contributed by atoms with van der Waals surface area (Å²) in [7, 11) is 0. The summed E-state index contributed by atoms with van der Waals surface area (Å²) in [6, 6.07) is 0.0781. The molecule has 1 fully saturated rings. The van der Waals surface area contributed by atoms with Crippen molar-refractivity contribution in [1.29, 1.82) is 0 Å². The van der Waals surface area contributed by atoms with Crippen LogP contribution in [0.3, 0.4) is 0 Å². The summed E-state index contributed by atoms with van der Waals surface area (Å²) in [6.45, 7) is 4.71. The second kappa shape index (κ2) is 4.57. The average molecular weight is 235 g/mol. The number of anilines is 2. The summed E-state index contributed by atoms with van der Waals surface area (Å²) in [5.41, 5.74) is 6.76. The Morgan fingerprint density at radius 3 is 2.88 bits per heavy atom. The van der Waals surface area contributed by atoms with E-state index in [9.17, 15) is 4.79 Å². The van der Waals surface area contributed by atoms with Crippen LogP contribution in [0.15, 0.2) is 6.33 Å². The van der Waals surface area contributed by atoms with Gasteiger partial charge in [0, 0.05) is 18.5 Å². The summed E-state index contributed by atoms with van der Waals surface area (Å²) in [6.07, 6.45) is 1.91. The van der Waals surface area contributed by atoms with Crippen molar-refractivity contribution >= 4 is 17.5 Å².